The molecule has 2 heterocycles. The van der Waals surface area contributed by atoms with Crippen molar-refractivity contribution in [2.75, 3.05) is 24.7 Å². The van der Waals surface area contributed by atoms with E-state index in [1.165, 1.54) is 0 Å². The average molecular weight is 348 g/mol. The normalized spacial score (nSPS) is 17.4. The Morgan fingerprint density at radius 1 is 1.21 bits per heavy atom. The molecule has 0 spiro atoms. The highest BCUT2D eigenvalue weighted by molar-refractivity contribution is 7.92. The van der Waals surface area contributed by atoms with E-state index in [-0.39, 0.29) is 12.8 Å². The first-order valence-corrected chi connectivity index (χ1v) is 9.64. The number of rotatable bonds is 4. The maximum absolute atomic E-state index is 12.7. The number of amides is 1. The molecule has 1 aromatic carbocycles. The molecule has 24 heavy (non-hydrogen) atoms. The first-order chi connectivity index (χ1) is 11.4. The molecule has 0 unspecified atom stereocenters. The van der Waals surface area contributed by atoms with E-state index in [0.717, 1.165) is 11.9 Å². The van der Waals surface area contributed by atoms with E-state index in [1.807, 2.05) is 30.3 Å². The van der Waals surface area contributed by atoms with Crippen molar-refractivity contribution < 1.29 is 13.2 Å². The van der Waals surface area contributed by atoms with E-state index in [9.17, 15) is 13.2 Å². The summed E-state index contributed by atoms with van der Waals surface area (Å²) in [5.41, 5.74) is 0.859. The molecule has 2 aromatic rings. The molecule has 1 fully saturated rings. The molecule has 1 aliphatic rings. The van der Waals surface area contributed by atoms with Crippen molar-refractivity contribution in [2.45, 2.75) is 17.6 Å². The van der Waals surface area contributed by atoms with Crippen LogP contribution in [0.1, 0.15) is 12.8 Å². The zero-order valence-electron chi connectivity index (χ0n) is 13.4. The lowest BCUT2D eigenvalue weighted by atomic mass is 9.96. The van der Waals surface area contributed by atoms with Gasteiger partial charge in [-0.25, -0.2) is 13.1 Å². The van der Waals surface area contributed by atoms with E-state index >= 15 is 0 Å². The number of nitrogens with one attached hydrogen (secondary N) is 2. The van der Waals surface area contributed by atoms with Crippen molar-refractivity contribution in [3.8, 4) is 5.69 Å². The number of piperidine rings is 1. The van der Waals surface area contributed by atoms with E-state index in [2.05, 4.69) is 15.7 Å². The summed E-state index contributed by atoms with van der Waals surface area (Å²) in [5, 5.41) is 10.1. The summed E-state index contributed by atoms with van der Waals surface area (Å²) >= 11 is 0. The lowest BCUT2D eigenvalue weighted by Crippen LogP contribution is -2.55. The number of benzene rings is 1. The third-order valence-corrected chi connectivity index (χ3v) is 6.40. The number of aromatic nitrogens is 2. The second kappa shape index (κ2) is 6.37. The Balaban J connectivity index is 1.83. The monoisotopic (exact) mass is 348 g/mol. The molecule has 0 bridgehead atoms. The van der Waals surface area contributed by atoms with Gasteiger partial charge in [-0.15, -0.1) is 0 Å². The molecular formula is C16H20N4O3S. The number of carbonyl (C=O) groups excluding carboxylic acids is 1. The zero-order chi connectivity index (χ0) is 17.2. The minimum atomic E-state index is -3.54. The van der Waals surface area contributed by atoms with Crippen LogP contribution in [-0.4, -0.2) is 48.2 Å². The minimum absolute atomic E-state index is 0.261. The second-order valence-electron chi connectivity index (χ2n) is 5.95. The number of nitrogens with zero attached hydrogens (tertiary/aromatic N) is 2. The number of hydrogen-bond donors (Lipinski definition) is 2. The van der Waals surface area contributed by atoms with E-state index < -0.39 is 20.5 Å². The summed E-state index contributed by atoms with van der Waals surface area (Å²) < 4.78 is 24.7. The number of anilines is 1. The maximum atomic E-state index is 12.7. The van der Waals surface area contributed by atoms with Crippen LogP contribution in [0.25, 0.3) is 5.69 Å². The number of sulfone groups is 1. The van der Waals surface area contributed by atoms with Gasteiger partial charge >= 0.3 is 0 Å². The van der Waals surface area contributed by atoms with Crippen LogP contribution in [0.15, 0.2) is 42.6 Å². The number of carbonyl (C=O) groups is 1. The highest BCUT2D eigenvalue weighted by Gasteiger charge is 2.48. The standard InChI is InChI=1S/C16H20N4O3S/c1-24(22,23)16(8-10-17-11-9-16)15(21)18-14-7-12-20(19-14)13-5-3-2-4-6-13/h2-7,12,17H,8-11H2,1H3,(H,18,19,21). The highest BCUT2D eigenvalue weighted by atomic mass is 32.2. The van der Waals surface area contributed by atoms with Crippen LogP contribution in [0, 0.1) is 0 Å². The van der Waals surface area contributed by atoms with Gasteiger partial charge in [-0.05, 0) is 38.1 Å². The Kier molecular flexibility index (Phi) is 4.42. The average Bonchev–Trinajstić information content (AvgIpc) is 3.04. The summed E-state index contributed by atoms with van der Waals surface area (Å²) in [6, 6.07) is 11.1. The van der Waals surface area contributed by atoms with Crippen LogP contribution in [0.5, 0.6) is 0 Å². The van der Waals surface area contributed by atoms with Gasteiger partial charge in [-0.2, -0.15) is 5.10 Å². The van der Waals surface area contributed by atoms with Gasteiger partial charge in [-0.1, -0.05) is 18.2 Å². The molecular weight excluding hydrogens is 328 g/mol. The molecule has 0 atom stereocenters. The van der Waals surface area contributed by atoms with E-state index in [0.29, 0.717) is 18.9 Å². The smallest absolute Gasteiger partial charge is 0.247 e. The molecule has 2 N–H and O–H groups in total. The summed E-state index contributed by atoms with van der Waals surface area (Å²) in [6.45, 7) is 0.998. The van der Waals surface area contributed by atoms with Crippen molar-refractivity contribution in [2.24, 2.45) is 0 Å². The van der Waals surface area contributed by atoms with Crippen molar-refractivity contribution in [3.05, 3.63) is 42.6 Å². The van der Waals surface area contributed by atoms with Crippen LogP contribution in [0.2, 0.25) is 0 Å². The minimum Gasteiger partial charge on any atom is -0.317 e. The van der Waals surface area contributed by atoms with Crippen molar-refractivity contribution >= 4 is 21.6 Å². The Morgan fingerprint density at radius 3 is 2.50 bits per heavy atom. The molecule has 1 aliphatic heterocycles. The molecule has 0 aliphatic carbocycles. The van der Waals surface area contributed by atoms with Gasteiger partial charge < -0.3 is 10.6 Å². The Bertz CT molecular complexity index is 824. The number of hydrogen-bond acceptors (Lipinski definition) is 5. The summed E-state index contributed by atoms with van der Waals surface area (Å²) in [6.07, 6.45) is 3.37. The predicted molar refractivity (Wildman–Crippen MR) is 91.9 cm³/mol. The largest absolute Gasteiger partial charge is 0.317 e. The summed E-state index contributed by atoms with van der Waals surface area (Å²) in [4.78, 5) is 12.7. The molecule has 8 heteroatoms. The molecule has 1 aromatic heterocycles. The van der Waals surface area contributed by atoms with Crippen LogP contribution < -0.4 is 10.6 Å². The Labute approximate surface area is 141 Å². The summed E-state index contributed by atoms with van der Waals surface area (Å²) in [7, 11) is -3.54. The molecule has 128 valence electrons. The Hall–Kier alpha value is -2.19. The molecule has 1 amide bonds. The van der Waals surface area contributed by atoms with Crippen molar-refractivity contribution in [1.29, 1.82) is 0 Å². The second-order valence-corrected chi connectivity index (χ2v) is 8.28. The zero-order valence-corrected chi connectivity index (χ0v) is 14.2. The van der Waals surface area contributed by atoms with Crippen LogP contribution in [-0.2, 0) is 14.6 Å². The van der Waals surface area contributed by atoms with Gasteiger partial charge in [-0.3, -0.25) is 4.79 Å². The van der Waals surface area contributed by atoms with Crippen LogP contribution in [0.4, 0.5) is 5.82 Å². The van der Waals surface area contributed by atoms with E-state index in [4.69, 9.17) is 0 Å². The van der Waals surface area contributed by atoms with Gasteiger partial charge in [0.2, 0.25) is 5.91 Å². The highest BCUT2D eigenvalue weighted by Crippen LogP contribution is 2.29. The lowest BCUT2D eigenvalue weighted by Gasteiger charge is -2.34. The molecule has 3 rings (SSSR count). The van der Waals surface area contributed by atoms with Gasteiger partial charge in [0.25, 0.3) is 0 Å². The van der Waals surface area contributed by atoms with Gasteiger partial charge in [0, 0.05) is 18.5 Å². The van der Waals surface area contributed by atoms with Gasteiger partial charge in [0.1, 0.15) is 0 Å². The molecule has 0 radical (unpaired) electrons. The molecule has 0 saturated carbocycles. The van der Waals surface area contributed by atoms with E-state index in [1.54, 1.807) is 16.9 Å². The van der Waals surface area contributed by atoms with Gasteiger partial charge in [0.05, 0.1) is 5.69 Å². The predicted octanol–water partition coefficient (Wildman–Crippen LogP) is 0.978. The SMILES string of the molecule is CS(=O)(=O)C1(C(=O)Nc2ccn(-c3ccccc3)n2)CCNCC1. The Morgan fingerprint density at radius 2 is 1.88 bits per heavy atom. The fourth-order valence-corrected chi connectivity index (χ4v) is 4.28. The van der Waals surface area contributed by atoms with Gasteiger partial charge in [0.15, 0.2) is 20.4 Å². The van der Waals surface area contributed by atoms with Crippen LogP contribution in [0.3, 0.4) is 0 Å². The first kappa shape index (κ1) is 16.7. The topological polar surface area (TPSA) is 93.1 Å². The fourth-order valence-electron chi connectivity index (χ4n) is 2.94. The maximum Gasteiger partial charge on any atom is 0.247 e. The first-order valence-electron chi connectivity index (χ1n) is 7.75. The van der Waals surface area contributed by atoms with Crippen molar-refractivity contribution in [3.63, 3.8) is 0 Å². The quantitative estimate of drug-likeness (QED) is 0.859. The molecule has 1 saturated heterocycles. The fraction of sp³-hybridized carbons (Fsp3) is 0.375. The lowest BCUT2D eigenvalue weighted by molar-refractivity contribution is -0.119. The molecule has 7 nitrogen and oxygen atoms in total. The van der Waals surface area contributed by atoms with Crippen molar-refractivity contribution in [1.82, 2.24) is 15.1 Å². The third-order valence-electron chi connectivity index (χ3n) is 4.39. The summed E-state index contributed by atoms with van der Waals surface area (Å²) in [5.74, 6) is -0.171. The van der Waals surface area contributed by atoms with Crippen LogP contribution >= 0.6 is 0 Å². The number of para-hydroxylation sites is 1. The third kappa shape index (κ3) is 3.07.